The van der Waals surface area contributed by atoms with Crippen LogP contribution < -0.4 is 4.90 Å². The van der Waals surface area contributed by atoms with Crippen LogP contribution in [0, 0.1) is 5.92 Å². The van der Waals surface area contributed by atoms with Crippen LogP contribution in [0.15, 0.2) is 24.5 Å². The van der Waals surface area contributed by atoms with E-state index in [1.807, 2.05) is 24.0 Å². The number of amides is 1. The van der Waals surface area contributed by atoms with Gasteiger partial charge in [-0.15, -0.1) is 0 Å². The Morgan fingerprint density at radius 3 is 2.80 bits per heavy atom. The summed E-state index contributed by atoms with van der Waals surface area (Å²) in [4.78, 5) is 29.9. The van der Waals surface area contributed by atoms with Gasteiger partial charge >= 0.3 is 0 Å². The lowest BCUT2D eigenvalue weighted by atomic mass is 9.96. The van der Waals surface area contributed by atoms with Gasteiger partial charge in [0.15, 0.2) is 5.65 Å². The summed E-state index contributed by atoms with van der Waals surface area (Å²) < 4.78 is 1.78. The fourth-order valence-corrected chi connectivity index (χ4v) is 4.65. The maximum Gasteiger partial charge on any atom is 0.227 e. The van der Waals surface area contributed by atoms with Crippen molar-refractivity contribution in [3.63, 3.8) is 0 Å². The Kier molecular flexibility index (Phi) is 5.10. The highest BCUT2D eigenvalue weighted by Gasteiger charge is 2.31. The van der Waals surface area contributed by atoms with Crippen LogP contribution in [-0.4, -0.2) is 61.7 Å². The number of nitrogens with zero attached hydrogens (tertiary/aromatic N) is 6. The zero-order chi connectivity index (χ0) is 20.7. The van der Waals surface area contributed by atoms with Gasteiger partial charge in [-0.2, -0.15) is 5.10 Å². The van der Waals surface area contributed by atoms with Crippen molar-refractivity contribution < 1.29 is 4.79 Å². The van der Waals surface area contributed by atoms with Gasteiger partial charge in [-0.25, -0.2) is 9.97 Å². The van der Waals surface area contributed by atoms with E-state index in [-0.39, 0.29) is 12.0 Å². The van der Waals surface area contributed by atoms with Crippen LogP contribution in [0.2, 0.25) is 5.02 Å². The molecule has 158 valence electrons. The van der Waals surface area contributed by atoms with Gasteiger partial charge < -0.3 is 14.8 Å². The number of pyridine rings is 1. The standard InChI is InChI=1S/C21H26ClN7O/c1-14(29-13-16(22)11-23-29)19-24-17-6-7-18(25-20(17)26-19)28-10-4-5-15(12-28)21(30)27-8-2-3-9-27/h6-7,11,13-15H,2-5,8-10,12H2,1H3,(H,24,25,26)/t14-,15?/m0/s1. The highest BCUT2D eigenvalue weighted by Crippen LogP contribution is 2.26. The number of hydrogen-bond donors (Lipinski definition) is 1. The van der Waals surface area contributed by atoms with Gasteiger partial charge in [-0.05, 0) is 44.7 Å². The molecule has 1 amide bonds. The topological polar surface area (TPSA) is 82.9 Å². The number of imidazole rings is 1. The molecule has 2 saturated heterocycles. The van der Waals surface area contributed by atoms with Crippen molar-refractivity contribution in [2.24, 2.45) is 5.92 Å². The van der Waals surface area contributed by atoms with Crippen LogP contribution in [0.5, 0.6) is 0 Å². The largest absolute Gasteiger partial charge is 0.356 e. The molecule has 0 saturated carbocycles. The number of aromatic amines is 1. The molecule has 2 aliphatic rings. The Labute approximate surface area is 180 Å². The number of rotatable bonds is 4. The van der Waals surface area contributed by atoms with E-state index in [0.717, 1.165) is 69.0 Å². The molecule has 2 fully saturated rings. The SMILES string of the molecule is C[C@@H](c1nc2nc(N3CCCC(C(=O)N4CCCC4)C3)ccc2[nH]1)n1cc(Cl)cn1. The second-order valence-corrected chi connectivity index (χ2v) is 8.73. The molecular formula is C21H26ClN7O. The third-order valence-electron chi connectivity index (χ3n) is 6.22. The molecule has 5 heterocycles. The van der Waals surface area contributed by atoms with E-state index in [1.165, 1.54) is 0 Å². The predicted octanol–water partition coefficient (Wildman–Crippen LogP) is 3.26. The van der Waals surface area contributed by atoms with Gasteiger partial charge in [0.25, 0.3) is 0 Å². The molecule has 1 unspecified atom stereocenters. The lowest BCUT2D eigenvalue weighted by Gasteiger charge is -2.34. The van der Waals surface area contributed by atoms with E-state index in [2.05, 4.69) is 15.0 Å². The van der Waals surface area contributed by atoms with Crippen molar-refractivity contribution in [1.82, 2.24) is 29.6 Å². The molecule has 3 aromatic heterocycles. The zero-order valence-electron chi connectivity index (χ0n) is 17.1. The highest BCUT2D eigenvalue weighted by molar-refractivity contribution is 6.30. The Morgan fingerprint density at radius 2 is 2.03 bits per heavy atom. The van der Waals surface area contributed by atoms with Gasteiger partial charge in [-0.1, -0.05) is 11.6 Å². The molecular weight excluding hydrogens is 402 g/mol. The van der Waals surface area contributed by atoms with Crippen LogP contribution in [0.4, 0.5) is 5.82 Å². The molecule has 2 atom stereocenters. The van der Waals surface area contributed by atoms with Crippen molar-refractivity contribution >= 4 is 34.5 Å². The van der Waals surface area contributed by atoms with Gasteiger partial charge in [0, 0.05) is 32.4 Å². The van der Waals surface area contributed by atoms with Gasteiger partial charge in [-0.3, -0.25) is 9.48 Å². The third kappa shape index (κ3) is 3.64. The lowest BCUT2D eigenvalue weighted by Crippen LogP contribution is -2.44. The molecule has 5 rings (SSSR count). The monoisotopic (exact) mass is 427 g/mol. The first-order valence-electron chi connectivity index (χ1n) is 10.7. The second kappa shape index (κ2) is 7.91. The minimum atomic E-state index is -0.0763. The maximum absolute atomic E-state index is 12.8. The molecule has 1 N–H and O–H groups in total. The minimum absolute atomic E-state index is 0.0636. The number of piperidine rings is 1. The highest BCUT2D eigenvalue weighted by atomic mass is 35.5. The molecule has 30 heavy (non-hydrogen) atoms. The van der Waals surface area contributed by atoms with Gasteiger partial charge in [0.05, 0.1) is 22.7 Å². The number of likely N-dealkylation sites (tertiary alicyclic amines) is 1. The first-order chi connectivity index (χ1) is 14.6. The molecule has 0 aromatic carbocycles. The normalized spacial score (nSPS) is 20.8. The number of carbonyl (C=O) groups excluding carboxylic acids is 1. The molecule has 0 spiro atoms. The lowest BCUT2D eigenvalue weighted by molar-refractivity contribution is -0.134. The zero-order valence-corrected chi connectivity index (χ0v) is 17.8. The average Bonchev–Trinajstić information content (AvgIpc) is 3.52. The summed E-state index contributed by atoms with van der Waals surface area (Å²) >= 11 is 5.99. The molecule has 0 aliphatic carbocycles. The van der Waals surface area contributed by atoms with E-state index < -0.39 is 0 Å². The second-order valence-electron chi connectivity index (χ2n) is 8.29. The Balaban J connectivity index is 1.35. The number of fused-ring (bicyclic) bond motifs is 1. The molecule has 0 radical (unpaired) electrons. The summed E-state index contributed by atoms with van der Waals surface area (Å²) in [5, 5.41) is 4.87. The van der Waals surface area contributed by atoms with E-state index in [0.29, 0.717) is 16.6 Å². The summed E-state index contributed by atoms with van der Waals surface area (Å²) in [6, 6.07) is 3.96. The summed E-state index contributed by atoms with van der Waals surface area (Å²) in [6.45, 7) is 5.49. The van der Waals surface area contributed by atoms with E-state index in [4.69, 9.17) is 21.6 Å². The number of anilines is 1. The molecule has 3 aromatic rings. The van der Waals surface area contributed by atoms with Crippen LogP contribution in [0.3, 0.4) is 0 Å². The molecule has 0 bridgehead atoms. The molecule has 2 aliphatic heterocycles. The summed E-state index contributed by atoms with van der Waals surface area (Å²) in [6.07, 6.45) is 7.63. The van der Waals surface area contributed by atoms with Crippen molar-refractivity contribution in [2.75, 3.05) is 31.1 Å². The van der Waals surface area contributed by atoms with Gasteiger partial charge in [0.1, 0.15) is 17.7 Å². The summed E-state index contributed by atoms with van der Waals surface area (Å²) in [7, 11) is 0. The van der Waals surface area contributed by atoms with Crippen LogP contribution in [-0.2, 0) is 4.79 Å². The van der Waals surface area contributed by atoms with E-state index in [9.17, 15) is 4.79 Å². The number of halogens is 1. The Morgan fingerprint density at radius 1 is 1.20 bits per heavy atom. The van der Waals surface area contributed by atoms with Crippen molar-refractivity contribution in [3.8, 4) is 0 Å². The first kappa shape index (κ1) is 19.4. The minimum Gasteiger partial charge on any atom is -0.356 e. The smallest absolute Gasteiger partial charge is 0.227 e. The Bertz CT molecular complexity index is 1050. The number of aromatic nitrogens is 5. The molecule has 8 nitrogen and oxygen atoms in total. The fourth-order valence-electron chi connectivity index (χ4n) is 4.51. The van der Waals surface area contributed by atoms with Crippen molar-refractivity contribution in [2.45, 2.75) is 38.6 Å². The number of nitrogens with one attached hydrogen (secondary N) is 1. The predicted molar refractivity (Wildman–Crippen MR) is 116 cm³/mol. The van der Waals surface area contributed by atoms with Crippen molar-refractivity contribution in [1.29, 1.82) is 0 Å². The summed E-state index contributed by atoms with van der Waals surface area (Å²) in [5.74, 6) is 2.05. The van der Waals surface area contributed by atoms with Crippen molar-refractivity contribution in [3.05, 3.63) is 35.4 Å². The number of H-pyrrole nitrogens is 1. The number of carbonyl (C=O) groups is 1. The maximum atomic E-state index is 12.8. The quantitative estimate of drug-likeness (QED) is 0.691. The van der Waals surface area contributed by atoms with Crippen LogP contribution in [0.1, 0.15) is 44.5 Å². The van der Waals surface area contributed by atoms with Crippen LogP contribution >= 0.6 is 11.6 Å². The third-order valence-corrected chi connectivity index (χ3v) is 6.42. The first-order valence-corrected chi connectivity index (χ1v) is 11.1. The molecule has 9 heteroatoms. The van der Waals surface area contributed by atoms with E-state index >= 15 is 0 Å². The fraction of sp³-hybridized carbons (Fsp3) is 0.524. The summed E-state index contributed by atoms with van der Waals surface area (Å²) in [5.41, 5.74) is 1.57. The average molecular weight is 428 g/mol. The number of hydrogen-bond acceptors (Lipinski definition) is 5. The van der Waals surface area contributed by atoms with E-state index in [1.54, 1.807) is 17.1 Å². The Hall–Kier alpha value is -2.61. The van der Waals surface area contributed by atoms with Gasteiger partial charge in [0.2, 0.25) is 5.91 Å². The van der Waals surface area contributed by atoms with Crippen LogP contribution in [0.25, 0.3) is 11.2 Å².